The van der Waals surface area contributed by atoms with Crippen molar-refractivity contribution in [3.63, 3.8) is 0 Å². The summed E-state index contributed by atoms with van der Waals surface area (Å²) in [5.41, 5.74) is 2.51. The zero-order valence-corrected chi connectivity index (χ0v) is 18.4. The van der Waals surface area contributed by atoms with Crippen molar-refractivity contribution in [2.45, 2.75) is 37.8 Å². The minimum absolute atomic E-state index is 0.0901. The molecular formula is C23H25ClN2O5. The largest absolute Gasteiger partial charge is 0.492 e. The molecule has 2 saturated heterocycles. The Kier molecular flexibility index (Phi) is 5.07. The number of nitrogens with zero attached hydrogens (tertiary/aromatic N) is 2. The fourth-order valence-electron chi connectivity index (χ4n) is 4.98. The highest BCUT2D eigenvalue weighted by molar-refractivity contribution is 6.32. The number of aromatic nitrogens is 1. The molecule has 0 saturated carbocycles. The lowest BCUT2D eigenvalue weighted by molar-refractivity contribution is -0.0616. The van der Waals surface area contributed by atoms with Gasteiger partial charge in [0.15, 0.2) is 11.2 Å². The molecule has 164 valence electrons. The van der Waals surface area contributed by atoms with Crippen molar-refractivity contribution in [1.29, 1.82) is 0 Å². The van der Waals surface area contributed by atoms with Crippen LogP contribution >= 0.6 is 11.6 Å². The molecule has 0 amide bonds. The second kappa shape index (κ2) is 7.65. The Balaban J connectivity index is 1.64. The maximum atomic E-state index is 12.7. The van der Waals surface area contributed by atoms with Gasteiger partial charge in [-0.05, 0) is 37.5 Å². The van der Waals surface area contributed by atoms with Gasteiger partial charge in [0.25, 0.3) is 0 Å². The van der Waals surface area contributed by atoms with Gasteiger partial charge in [-0.2, -0.15) is 0 Å². The molecule has 4 heterocycles. The Bertz CT molecular complexity index is 1110. The summed E-state index contributed by atoms with van der Waals surface area (Å²) in [6.45, 7) is 3.82. The zero-order chi connectivity index (χ0) is 21.8. The summed E-state index contributed by atoms with van der Waals surface area (Å²) in [7, 11) is 1.66. The second-order valence-electron chi connectivity index (χ2n) is 8.52. The summed E-state index contributed by atoms with van der Waals surface area (Å²) >= 11 is 6.57. The number of methoxy groups -OCH3 is 1. The highest BCUT2D eigenvalue weighted by Gasteiger charge is 2.54. The Morgan fingerprint density at radius 1 is 1.29 bits per heavy atom. The summed E-state index contributed by atoms with van der Waals surface area (Å²) in [5.74, 6) is 0.400. The van der Waals surface area contributed by atoms with Gasteiger partial charge in [0, 0.05) is 38.0 Å². The van der Waals surface area contributed by atoms with Crippen LogP contribution in [-0.2, 0) is 9.47 Å². The molecule has 0 radical (unpaired) electrons. The number of fused-ring (bicyclic) bond motifs is 7. The molecule has 1 aromatic carbocycles. The molecule has 2 fully saturated rings. The van der Waals surface area contributed by atoms with Gasteiger partial charge in [-0.25, -0.2) is 0 Å². The lowest BCUT2D eigenvalue weighted by Gasteiger charge is -2.51. The van der Waals surface area contributed by atoms with E-state index in [1.165, 1.54) is 6.92 Å². The van der Waals surface area contributed by atoms with Crippen LogP contribution in [0.2, 0.25) is 5.02 Å². The van der Waals surface area contributed by atoms with Gasteiger partial charge in [-0.1, -0.05) is 11.6 Å². The van der Waals surface area contributed by atoms with E-state index in [-0.39, 0.29) is 28.4 Å². The number of halogens is 1. The van der Waals surface area contributed by atoms with E-state index in [1.54, 1.807) is 19.4 Å². The Morgan fingerprint density at radius 3 is 2.77 bits per heavy atom. The molecule has 7 nitrogen and oxygen atoms in total. The van der Waals surface area contributed by atoms with Crippen LogP contribution in [-0.4, -0.2) is 49.5 Å². The van der Waals surface area contributed by atoms with E-state index in [0.29, 0.717) is 37.2 Å². The van der Waals surface area contributed by atoms with Crippen LogP contribution in [0.5, 0.6) is 5.75 Å². The first-order chi connectivity index (χ1) is 14.9. The average molecular weight is 445 g/mol. The number of Topliss-reactive ketones (excluding diaryl/α,β-unsaturated/α-hetero) is 1. The third-order valence-corrected chi connectivity index (χ3v) is 6.83. The SMILES string of the molecule is COCCCOc1cc2c(cc1Cl)-c1cc(=O)c(C(C)=O)cn1N1[C@@H]2CCC12COC2. The number of carbonyl (C=O) groups excluding carboxylic acids is 1. The third kappa shape index (κ3) is 3.18. The fraction of sp³-hybridized carbons (Fsp3) is 0.478. The number of hydrogen-bond acceptors (Lipinski definition) is 6. The summed E-state index contributed by atoms with van der Waals surface area (Å²) in [5, 5.41) is 2.79. The highest BCUT2D eigenvalue weighted by atomic mass is 35.5. The molecule has 3 aliphatic rings. The molecule has 2 aromatic rings. The molecule has 0 aliphatic carbocycles. The number of carbonyl (C=O) groups is 1. The van der Waals surface area contributed by atoms with Gasteiger partial charge in [-0.15, -0.1) is 0 Å². The molecule has 0 bridgehead atoms. The van der Waals surface area contributed by atoms with E-state index in [1.807, 2.05) is 16.8 Å². The van der Waals surface area contributed by atoms with Crippen molar-refractivity contribution >= 4 is 17.4 Å². The molecule has 0 unspecified atom stereocenters. The number of ether oxygens (including phenoxy) is 3. The molecule has 0 N–H and O–H groups in total. The number of pyridine rings is 1. The minimum Gasteiger partial charge on any atom is -0.492 e. The minimum atomic E-state index is -0.280. The second-order valence-corrected chi connectivity index (χ2v) is 8.93. The predicted octanol–water partition coefficient (Wildman–Crippen LogP) is 3.34. The molecule has 31 heavy (non-hydrogen) atoms. The molecular weight excluding hydrogens is 420 g/mol. The van der Waals surface area contributed by atoms with Gasteiger partial charge in [0.05, 0.1) is 42.1 Å². The summed E-state index contributed by atoms with van der Waals surface area (Å²) < 4.78 is 18.6. The fourth-order valence-corrected chi connectivity index (χ4v) is 5.20. The quantitative estimate of drug-likeness (QED) is 0.502. The predicted molar refractivity (Wildman–Crippen MR) is 117 cm³/mol. The van der Waals surface area contributed by atoms with Gasteiger partial charge < -0.3 is 14.2 Å². The van der Waals surface area contributed by atoms with E-state index in [9.17, 15) is 9.59 Å². The lowest BCUT2D eigenvalue weighted by Crippen LogP contribution is -2.64. The monoisotopic (exact) mass is 444 g/mol. The Hall–Kier alpha value is -2.35. The Labute approximate surface area is 185 Å². The van der Waals surface area contributed by atoms with Crippen LogP contribution in [0.1, 0.15) is 48.1 Å². The maximum Gasteiger partial charge on any atom is 0.193 e. The standard InChI is InChI=1S/C23H25ClN2O5/c1-14(27)17-11-25-20(10-21(17)28)15-8-18(24)22(31-7-3-6-29-2)9-16(15)19-4-5-23(26(19)25)12-30-13-23/h8-11,19H,3-7,12-13H2,1-2H3/t19-/m1/s1. The maximum absolute atomic E-state index is 12.7. The molecule has 1 atom stereocenters. The zero-order valence-electron chi connectivity index (χ0n) is 17.7. The van der Waals surface area contributed by atoms with Crippen LogP contribution in [0.15, 0.2) is 29.2 Å². The van der Waals surface area contributed by atoms with Gasteiger partial charge in [0.2, 0.25) is 0 Å². The highest BCUT2D eigenvalue weighted by Crippen LogP contribution is 2.52. The van der Waals surface area contributed by atoms with Crippen LogP contribution < -0.4 is 15.2 Å². The molecule has 8 heteroatoms. The van der Waals surface area contributed by atoms with Crippen molar-refractivity contribution < 1.29 is 19.0 Å². The number of ketones is 1. The summed E-state index contributed by atoms with van der Waals surface area (Å²) in [6.07, 6.45) is 4.38. The van der Waals surface area contributed by atoms with Gasteiger partial charge in [0.1, 0.15) is 11.3 Å². The van der Waals surface area contributed by atoms with Crippen molar-refractivity contribution in [3.05, 3.63) is 50.8 Å². The van der Waals surface area contributed by atoms with E-state index >= 15 is 0 Å². The van der Waals surface area contributed by atoms with Gasteiger partial charge in [-0.3, -0.25) is 19.3 Å². The first kappa shape index (κ1) is 20.5. The van der Waals surface area contributed by atoms with Crippen molar-refractivity contribution in [2.75, 3.05) is 38.5 Å². The lowest BCUT2D eigenvalue weighted by atomic mass is 9.93. The molecule has 5 rings (SSSR count). The normalized spacial score (nSPS) is 20.1. The number of benzene rings is 1. The third-order valence-electron chi connectivity index (χ3n) is 6.54. The summed E-state index contributed by atoms with van der Waals surface area (Å²) in [4.78, 5) is 24.8. The van der Waals surface area contributed by atoms with Gasteiger partial charge >= 0.3 is 0 Å². The molecule has 3 aliphatic heterocycles. The number of rotatable bonds is 6. The van der Waals surface area contributed by atoms with Crippen LogP contribution in [0.25, 0.3) is 11.3 Å². The Morgan fingerprint density at radius 2 is 2.10 bits per heavy atom. The van der Waals surface area contributed by atoms with E-state index in [4.69, 9.17) is 25.8 Å². The molecule has 1 aromatic heterocycles. The smallest absolute Gasteiger partial charge is 0.193 e. The van der Waals surface area contributed by atoms with Crippen LogP contribution in [0.4, 0.5) is 0 Å². The van der Waals surface area contributed by atoms with Crippen molar-refractivity contribution in [3.8, 4) is 17.0 Å². The van der Waals surface area contributed by atoms with Crippen molar-refractivity contribution in [1.82, 2.24) is 4.68 Å². The first-order valence-corrected chi connectivity index (χ1v) is 10.9. The molecule has 1 spiro atoms. The van der Waals surface area contributed by atoms with Crippen LogP contribution in [0, 0.1) is 0 Å². The number of hydrogen-bond donors (Lipinski definition) is 0. The first-order valence-electron chi connectivity index (χ1n) is 10.6. The van der Waals surface area contributed by atoms with E-state index < -0.39 is 0 Å². The topological polar surface area (TPSA) is 70.0 Å². The van der Waals surface area contributed by atoms with E-state index in [0.717, 1.165) is 36.1 Å². The van der Waals surface area contributed by atoms with Crippen molar-refractivity contribution in [2.24, 2.45) is 0 Å². The van der Waals surface area contributed by atoms with E-state index in [2.05, 4.69) is 5.01 Å². The van der Waals surface area contributed by atoms with Crippen LogP contribution in [0.3, 0.4) is 0 Å². The summed E-state index contributed by atoms with van der Waals surface area (Å²) in [6, 6.07) is 5.52. The average Bonchev–Trinajstić information content (AvgIpc) is 3.13.